The molecule has 2 aromatic carbocycles. The molecule has 4 nitrogen and oxygen atoms in total. The highest BCUT2D eigenvalue weighted by Gasteiger charge is 2.18. The summed E-state index contributed by atoms with van der Waals surface area (Å²) in [6.45, 7) is 3.08. The summed E-state index contributed by atoms with van der Waals surface area (Å²) in [5.41, 5.74) is 1.48. The molecule has 3 aromatic rings. The van der Waals surface area contributed by atoms with Gasteiger partial charge in [-0.1, -0.05) is 30.3 Å². The van der Waals surface area contributed by atoms with Crippen molar-refractivity contribution in [3.63, 3.8) is 0 Å². The number of benzene rings is 2. The quantitative estimate of drug-likeness (QED) is 0.650. The Hall–Kier alpha value is -3.28. The smallest absolute Gasteiger partial charge is 0.287 e. The topological polar surface area (TPSA) is 59.3 Å². The molecule has 0 aliphatic rings. The van der Waals surface area contributed by atoms with Gasteiger partial charge in [0.25, 0.3) is 5.91 Å². The van der Waals surface area contributed by atoms with E-state index < -0.39 is 23.6 Å². The zero-order chi connectivity index (χ0) is 19.6. The van der Waals surface area contributed by atoms with Crippen LogP contribution in [0.3, 0.4) is 0 Å². The maximum absolute atomic E-state index is 13.8. The molecule has 0 spiro atoms. The highest BCUT2D eigenvalue weighted by Crippen LogP contribution is 2.24. The van der Waals surface area contributed by atoms with E-state index in [4.69, 9.17) is 4.42 Å². The fourth-order valence-corrected chi connectivity index (χ4v) is 2.68. The lowest BCUT2D eigenvalue weighted by Gasteiger charge is -2.14. The predicted molar refractivity (Wildman–Crippen MR) is 96.4 cm³/mol. The molecule has 0 radical (unpaired) electrons. The normalized spacial score (nSPS) is 11.9. The van der Waals surface area contributed by atoms with E-state index in [1.54, 1.807) is 37.3 Å². The summed E-state index contributed by atoms with van der Waals surface area (Å²) in [6.07, 6.45) is 0. The first kappa shape index (κ1) is 18.5. The Kier molecular flexibility index (Phi) is 5.16. The van der Waals surface area contributed by atoms with Crippen molar-refractivity contribution in [3.8, 4) is 11.3 Å². The molecule has 0 aliphatic heterocycles. The lowest BCUT2D eigenvalue weighted by atomic mass is 10.1. The SMILES string of the molecule is CC(=O)c1ccc(-c2ccc(C(=O)NC(C)c3ccc(F)cc3F)o2)cc1. The third-order valence-corrected chi connectivity index (χ3v) is 4.18. The van der Waals surface area contributed by atoms with E-state index in [0.29, 0.717) is 11.3 Å². The van der Waals surface area contributed by atoms with Crippen molar-refractivity contribution in [2.45, 2.75) is 19.9 Å². The number of amides is 1. The standard InChI is InChI=1S/C21H17F2NO3/c1-12(17-8-7-16(22)11-18(17)23)24-21(26)20-10-9-19(27-20)15-5-3-14(4-6-15)13(2)25/h3-12H,1-2H3,(H,24,26). The number of carbonyl (C=O) groups is 2. The van der Waals surface area contributed by atoms with Crippen molar-refractivity contribution in [1.29, 1.82) is 0 Å². The second kappa shape index (κ2) is 7.53. The van der Waals surface area contributed by atoms with E-state index in [-0.39, 0.29) is 17.1 Å². The van der Waals surface area contributed by atoms with Crippen molar-refractivity contribution >= 4 is 11.7 Å². The summed E-state index contributed by atoms with van der Waals surface area (Å²) in [6, 6.07) is 12.5. The third kappa shape index (κ3) is 4.11. The molecule has 27 heavy (non-hydrogen) atoms. The van der Waals surface area contributed by atoms with E-state index in [0.717, 1.165) is 17.7 Å². The number of hydrogen-bond acceptors (Lipinski definition) is 3. The Labute approximate surface area is 154 Å². The predicted octanol–water partition coefficient (Wildman–Crippen LogP) is 4.92. The first-order valence-electron chi connectivity index (χ1n) is 8.32. The van der Waals surface area contributed by atoms with E-state index in [1.165, 1.54) is 19.1 Å². The lowest BCUT2D eigenvalue weighted by Crippen LogP contribution is -2.26. The Morgan fingerprint density at radius 3 is 2.33 bits per heavy atom. The molecule has 1 heterocycles. The molecule has 1 atom stereocenters. The molecule has 1 amide bonds. The Balaban J connectivity index is 1.73. The Bertz CT molecular complexity index is 993. The first-order chi connectivity index (χ1) is 12.8. The first-order valence-corrected chi connectivity index (χ1v) is 8.32. The Morgan fingerprint density at radius 1 is 1.00 bits per heavy atom. The highest BCUT2D eigenvalue weighted by atomic mass is 19.1. The minimum atomic E-state index is -0.728. The zero-order valence-electron chi connectivity index (χ0n) is 14.8. The number of hydrogen-bond donors (Lipinski definition) is 1. The van der Waals surface area contributed by atoms with Crippen LogP contribution in [0.4, 0.5) is 8.78 Å². The summed E-state index contributed by atoms with van der Waals surface area (Å²) in [4.78, 5) is 23.7. The zero-order valence-corrected chi connectivity index (χ0v) is 14.8. The minimum absolute atomic E-state index is 0.0388. The average Bonchev–Trinajstić information content (AvgIpc) is 3.12. The number of halogens is 2. The van der Waals surface area contributed by atoms with Gasteiger partial charge in [-0.15, -0.1) is 0 Å². The summed E-state index contributed by atoms with van der Waals surface area (Å²) in [5, 5.41) is 2.62. The molecule has 1 N–H and O–H groups in total. The van der Waals surface area contributed by atoms with Crippen LogP contribution in [0, 0.1) is 11.6 Å². The van der Waals surface area contributed by atoms with Crippen molar-refractivity contribution in [2.75, 3.05) is 0 Å². The van der Waals surface area contributed by atoms with Crippen LogP contribution in [-0.2, 0) is 0 Å². The molecule has 0 bridgehead atoms. The second-order valence-electron chi connectivity index (χ2n) is 6.16. The molecular weight excluding hydrogens is 352 g/mol. The van der Waals surface area contributed by atoms with Gasteiger partial charge >= 0.3 is 0 Å². The molecule has 1 unspecified atom stereocenters. The van der Waals surface area contributed by atoms with Crippen molar-refractivity contribution in [3.05, 3.63) is 83.1 Å². The van der Waals surface area contributed by atoms with E-state index in [9.17, 15) is 18.4 Å². The molecule has 0 saturated carbocycles. The number of carbonyl (C=O) groups excluding carboxylic acids is 2. The van der Waals surface area contributed by atoms with Crippen LogP contribution in [0.2, 0.25) is 0 Å². The average molecular weight is 369 g/mol. The summed E-state index contributed by atoms with van der Waals surface area (Å²) < 4.78 is 32.4. The van der Waals surface area contributed by atoms with Crippen LogP contribution in [0.15, 0.2) is 59.0 Å². The van der Waals surface area contributed by atoms with Crippen LogP contribution in [0.1, 0.15) is 46.4 Å². The van der Waals surface area contributed by atoms with Gasteiger partial charge < -0.3 is 9.73 Å². The Morgan fingerprint density at radius 2 is 1.70 bits per heavy atom. The summed E-state index contributed by atoms with van der Waals surface area (Å²) in [7, 11) is 0. The van der Waals surface area contributed by atoms with E-state index in [1.807, 2.05) is 0 Å². The number of rotatable bonds is 5. The highest BCUT2D eigenvalue weighted by molar-refractivity contribution is 5.94. The van der Waals surface area contributed by atoms with Crippen molar-refractivity contribution in [1.82, 2.24) is 5.32 Å². The van der Waals surface area contributed by atoms with Crippen LogP contribution in [-0.4, -0.2) is 11.7 Å². The molecular formula is C21H17F2NO3. The van der Waals surface area contributed by atoms with Crippen LogP contribution in [0.5, 0.6) is 0 Å². The maximum atomic E-state index is 13.8. The fraction of sp³-hybridized carbons (Fsp3) is 0.143. The fourth-order valence-electron chi connectivity index (χ4n) is 2.68. The van der Waals surface area contributed by atoms with Crippen LogP contribution >= 0.6 is 0 Å². The lowest BCUT2D eigenvalue weighted by molar-refractivity contribution is 0.0911. The molecule has 3 rings (SSSR count). The van der Waals surface area contributed by atoms with E-state index in [2.05, 4.69) is 5.32 Å². The molecule has 0 saturated heterocycles. The second-order valence-corrected chi connectivity index (χ2v) is 6.16. The summed E-state index contributed by atoms with van der Waals surface area (Å²) in [5.74, 6) is -1.43. The van der Waals surface area contributed by atoms with Gasteiger partial charge in [0.2, 0.25) is 0 Å². The summed E-state index contributed by atoms with van der Waals surface area (Å²) >= 11 is 0. The number of ketones is 1. The number of nitrogens with one attached hydrogen (secondary N) is 1. The molecule has 1 aromatic heterocycles. The van der Waals surface area contributed by atoms with Crippen molar-refractivity contribution in [2.24, 2.45) is 0 Å². The third-order valence-electron chi connectivity index (χ3n) is 4.18. The number of furan rings is 1. The molecule has 0 aliphatic carbocycles. The molecule has 6 heteroatoms. The van der Waals surface area contributed by atoms with Gasteiger partial charge in [0, 0.05) is 22.8 Å². The molecule has 0 fully saturated rings. The van der Waals surface area contributed by atoms with Gasteiger partial charge in [-0.05, 0) is 32.0 Å². The van der Waals surface area contributed by atoms with Gasteiger partial charge in [-0.25, -0.2) is 8.78 Å². The van der Waals surface area contributed by atoms with Crippen molar-refractivity contribution < 1.29 is 22.8 Å². The van der Waals surface area contributed by atoms with Gasteiger partial charge in [-0.2, -0.15) is 0 Å². The van der Waals surface area contributed by atoms with E-state index >= 15 is 0 Å². The van der Waals surface area contributed by atoms with Gasteiger partial charge in [0.05, 0.1) is 6.04 Å². The van der Waals surface area contributed by atoms with Gasteiger partial charge in [0.1, 0.15) is 17.4 Å². The van der Waals surface area contributed by atoms with Crippen LogP contribution in [0.25, 0.3) is 11.3 Å². The number of Topliss-reactive ketones (excluding diaryl/α,β-unsaturated/α-hetero) is 1. The molecule has 138 valence electrons. The van der Waals surface area contributed by atoms with Gasteiger partial charge in [-0.3, -0.25) is 9.59 Å². The van der Waals surface area contributed by atoms with Gasteiger partial charge in [0.15, 0.2) is 11.5 Å². The monoisotopic (exact) mass is 369 g/mol. The largest absolute Gasteiger partial charge is 0.451 e. The van der Waals surface area contributed by atoms with Crippen LogP contribution < -0.4 is 5.32 Å². The maximum Gasteiger partial charge on any atom is 0.287 e. The minimum Gasteiger partial charge on any atom is -0.451 e.